The van der Waals surface area contributed by atoms with Crippen molar-refractivity contribution in [3.63, 3.8) is 0 Å². The molecular formula is C9H15F3N2O. The van der Waals surface area contributed by atoms with Gasteiger partial charge in [0.1, 0.15) is 6.54 Å². The van der Waals surface area contributed by atoms with Gasteiger partial charge >= 0.3 is 12.2 Å². The summed E-state index contributed by atoms with van der Waals surface area (Å²) in [5.41, 5.74) is 0. The lowest BCUT2D eigenvalue weighted by Crippen LogP contribution is -2.42. The zero-order chi connectivity index (χ0) is 11.5. The maximum absolute atomic E-state index is 11.7. The number of urea groups is 1. The molecule has 1 rings (SSSR count). The fourth-order valence-electron chi connectivity index (χ4n) is 1.51. The van der Waals surface area contributed by atoms with E-state index in [4.69, 9.17) is 0 Å². The van der Waals surface area contributed by atoms with E-state index in [1.807, 2.05) is 6.92 Å². The Bertz CT molecular complexity index is 230. The van der Waals surface area contributed by atoms with Crippen LogP contribution in [0.1, 0.15) is 26.2 Å². The molecule has 15 heavy (non-hydrogen) atoms. The van der Waals surface area contributed by atoms with Gasteiger partial charge in [-0.15, -0.1) is 0 Å². The Hall–Kier alpha value is -0.940. The van der Waals surface area contributed by atoms with Crippen LogP contribution in [0.25, 0.3) is 0 Å². The van der Waals surface area contributed by atoms with Crippen LogP contribution in [0, 0.1) is 5.92 Å². The zero-order valence-corrected chi connectivity index (χ0v) is 8.53. The molecule has 1 aliphatic carbocycles. The van der Waals surface area contributed by atoms with E-state index in [2.05, 4.69) is 5.32 Å². The van der Waals surface area contributed by atoms with Crippen LogP contribution >= 0.6 is 0 Å². The first-order chi connectivity index (χ1) is 6.92. The molecule has 0 aromatic carbocycles. The van der Waals surface area contributed by atoms with Crippen molar-refractivity contribution in [2.45, 2.75) is 38.4 Å². The minimum Gasteiger partial charge on any atom is -0.335 e. The van der Waals surface area contributed by atoms with Crippen molar-refractivity contribution in [1.29, 1.82) is 0 Å². The van der Waals surface area contributed by atoms with Crippen molar-refractivity contribution in [2.75, 3.05) is 6.54 Å². The quantitative estimate of drug-likeness (QED) is 0.753. The van der Waals surface area contributed by atoms with Crippen LogP contribution in [0.4, 0.5) is 18.0 Å². The maximum atomic E-state index is 11.7. The molecule has 0 aromatic rings. The number of amides is 2. The summed E-state index contributed by atoms with van der Waals surface area (Å²) in [5, 5.41) is 4.29. The van der Waals surface area contributed by atoms with E-state index in [1.165, 1.54) is 0 Å². The highest BCUT2D eigenvalue weighted by atomic mass is 19.4. The summed E-state index contributed by atoms with van der Waals surface area (Å²) in [6, 6.07) is -0.658. The Kier molecular flexibility index (Phi) is 3.82. The van der Waals surface area contributed by atoms with E-state index < -0.39 is 18.8 Å². The summed E-state index contributed by atoms with van der Waals surface area (Å²) in [7, 11) is 0. The van der Waals surface area contributed by atoms with E-state index in [1.54, 1.807) is 5.32 Å². The molecule has 1 saturated carbocycles. The van der Waals surface area contributed by atoms with Gasteiger partial charge in [0.25, 0.3) is 0 Å². The molecule has 0 bridgehead atoms. The lowest BCUT2D eigenvalue weighted by molar-refractivity contribution is -0.122. The topological polar surface area (TPSA) is 41.1 Å². The number of rotatable bonds is 4. The first-order valence-electron chi connectivity index (χ1n) is 5.03. The van der Waals surface area contributed by atoms with Crippen molar-refractivity contribution in [2.24, 2.45) is 5.92 Å². The van der Waals surface area contributed by atoms with Crippen molar-refractivity contribution in [3.05, 3.63) is 0 Å². The third kappa shape index (κ3) is 4.90. The predicted molar refractivity (Wildman–Crippen MR) is 49.4 cm³/mol. The highest BCUT2D eigenvalue weighted by Crippen LogP contribution is 2.34. The Morgan fingerprint density at radius 1 is 1.47 bits per heavy atom. The summed E-state index contributed by atoms with van der Waals surface area (Å²) >= 11 is 0. The monoisotopic (exact) mass is 224 g/mol. The van der Waals surface area contributed by atoms with Gasteiger partial charge in [-0.2, -0.15) is 13.2 Å². The first kappa shape index (κ1) is 12.1. The Balaban J connectivity index is 2.10. The maximum Gasteiger partial charge on any atom is 0.405 e. The van der Waals surface area contributed by atoms with Crippen LogP contribution in [0.3, 0.4) is 0 Å². The summed E-state index contributed by atoms with van der Waals surface area (Å²) < 4.78 is 35.2. The fourth-order valence-corrected chi connectivity index (χ4v) is 1.51. The van der Waals surface area contributed by atoms with Crippen molar-refractivity contribution < 1.29 is 18.0 Å². The minimum atomic E-state index is -4.34. The predicted octanol–water partition coefficient (Wildman–Crippen LogP) is 2.04. The van der Waals surface area contributed by atoms with Gasteiger partial charge in [-0.1, -0.05) is 13.3 Å². The van der Waals surface area contributed by atoms with Crippen LogP contribution in [0.2, 0.25) is 0 Å². The third-order valence-corrected chi connectivity index (χ3v) is 2.35. The summed E-state index contributed by atoms with van der Waals surface area (Å²) in [6.07, 6.45) is -1.41. The fraction of sp³-hybridized carbons (Fsp3) is 0.889. The van der Waals surface area contributed by atoms with Gasteiger partial charge in [0.05, 0.1) is 0 Å². The molecule has 0 aromatic heterocycles. The van der Waals surface area contributed by atoms with Gasteiger partial charge in [-0.3, -0.25) is 0 Å². The van der Waals surface area contributed by atoms with Crippen molar-refractivity contribution in [1.82, 2.24) is 10.6 Å². The van der Waals surface area contributed by atoms with Gasteiger partial charge < -0.3 is 10.6 Å². The van der Waals surface area contributed by atoms with Crippen LogP contribution in [-0.2, 0) is 0 Å². The normalized spacial score (nSPS) is 24.8. The smallest absolute Gasteiger partial charge is 0.335 e. The molecule has 2 amide bonds. The molecule has 2 N–H and O–H groups in total. The molecule has 2 unspecified atom stereocenters. The summed E-state index contributed by atoms with van der Waals surface area (Å²) in [4.78, 5) is 11.0. The molecule has 0 heterocycles. The molecule has 1 fully saturated rings. The van der Waals surface area contributed by atoms with Crippen LogP contribution < -0.4 is 10.6 Å². The second-order valence-corrected chi connectivity index (χ2v) is 3.83. The molecule has 0 saturated heterocycles. The van der Waals surface area contributed by atoms with Crippen molar-refractivity contribution >= 4 is 6.03 Å². The molecule has 88 valence electrons. The molecule has 1 aliphatic rings. The highest BCUT2D eigenvalue weighted by Gasteiger charge is 2.37. The summed E-state index contributed by atoms with van der Waals surface area (Å²) in [5.74, 6) is 0.451. The molecule has 6 heteroatoms. The Morgan fingerprint density at radius 2 is 2.13 bits per heavy atom. The van der Waals surface area contributed by atoms with Gasteiger partial charge in [0, 0.05) is 6.04 Å². The van der Waals surface area contributed by atoms with Crippen LogP contribution in [-0.4, -0.2) is 24.8 Å². The average Bonchev–Trinajstić information content (AvgIpc) is 2.80. The van der Waals surface area contributed by atoms with E-state index in [0.29, 0.717) is 5.92 Å². The standard InChI is InChI=1S/C9H15F3N2O/c1-2-3-6-4-7(6)14-8(15)13-5-9(10,11)12/h6-7H,2-5H2,1H3,(H2,13,14,15). The molecule has 0 radical (unpaired) electrons. The largest absolute Gasteiger partial charge is 0.405 e. The number of nitrogens with one attached hydrogen (secondary N) is 2. The van der Waals surface area contributed by atoms with Gasteiger partial charge in [0.15, 0.2) is 0 Å². The van der Waals surface area contributed by atoms with Gasteiger partial charge in [0.2, 0.25) is 0 Å². The van der Waals surface area contributed by atoms with Crippen LogP contribution in [0.15, 0.2) is 0 Å². The third-order valence-electron chi connectivity index (χ3n) is 2.35. The molecule has 0 spiro atoms. The number of carbonyl (C=O) groups is 1. The molecule has 2 atom stereocenters. The van der Waals surface area contributed by atoms with Crippen LogP contribution in [0.5, 0.6) is 0 Å². The molecule has 0 aliphatic heterocycles. The molecule has 3 nitrogen and oxygen atoms in total. The summed E-state index contributed by atoms with van der Waals surface area (Å²) in [6.45, 7) is 0.767. The van der Waals surface area contributed by atoms with E-state index in [0.717, 1.165) is 19.3 Å². The highest BCUT2D eigenvalue weighted by molar-refractivity contribution is 5.74. The second kappa shape index (κ2) is 4.72. The number of halogens is 3. The van der Waals surface area contributed by atoms with E-state index >= 15 is 0 Å². The van der Waals surface area contributed by atoms with E-state index in [9.17, 15) is 18.0 Å². The number of hydrogen-bond donors (Lipinski definition) is 2. The number of alkyl halides is 3. The lowest BCUT2D eigenvalue weighted by Gasteiger charge is -2.09. The van der Waals surface area contributed by atoms with Gasteiger partial charge in [-0.25, -0.2) is 4.79 Å². The van der Waals surface area contributed by atoms with Gasteiger partial charge in [-0.05, 0) is 18.8 Å². The first-order valence-corrected chi connectivity index (χ1v) is 5.03. The minimum absolute atomic E-state index is 0.0678. The Morgan fingerprint density at radius 3 is 2.67 bits per heavy atom. The SMILES string of the molecule is CCCC1CC1NC(=O)NCC(F)(F)F. The molecular weight excluding hydrogens is 209 g/mol. The van der Waals surface area contributed by atoms with E-state index in [-0.39, 0.29) is 6.04 Å². The second-order valence-electron chi connectivity index (χ2n) is 3.83. The average molecular weight is 224 g/mol. The Labute approximate surface area is 86.4 Å². The van der Waals surface area contributed by atoms with Crippen molar-refractivity contribution in [3.8, 4) is 0 Å². The number of carbonyl (C=O) groups excluding carboxylic acids is 1. The number of hydrogen-bond acceptors (Lipinski definition) is 1. The lowest BCUT2D eigenvalue weighted by atomic mass is 10.2. The zero-order valence-electron chi connectivity index (χ0n) is 8.53.